The molecular weight excluding hydrogens is 540 g/mol. The molecule has 4 aliphatic rings. The van der Waals surface area contributed by atoms with Crippen LogP contribution in [0.5, 0.6) is 0 Å². The number of ether oxygens (including phenoxy) is 5. The molecule has 0 bridgehead atoms. The molecule has 1 aromatic carbocycles. The van der Waals surface area contributed by atoms with Crippen molar-refractivity contribution in [3.63, 3.8) is 0 Å². The molecule has 3 fully saturated rings. The quantitative estimate of drug-likeness (QED) is 0.212. The van der Waals surface area contributed by atoms with Gasteiger partial charge in [-0.05, 0) is 41.9 Å². The predicted molar refractivity (Wildman–Crippen MR) is 151 cm³/mol. The lowest BCUT2D eigenvalue weighted by Gasteiger charge is -2.30. The van der Waals surface area contributed by atoms with Crippen LogP contribution in [-0.4, -0.2) is 66.4 Å². The van der Waals surface area contributed by atoms with Gasteiger partial charge in [0, 0.05) is 32.8 Å². The van der Waals surface area contributed by atoms with Gasteiger partial charge in [-0.15, -0.1) is 0 Å². The van der Waals surface area contributed by atoms with E-state index in [1.807, 2.05) is 64.1 Å². The Labute approximate surface area is 247 Å². The number of epoxide rings is 1. The lowest BCUT2D eigenvalue weighted by atomic mass is 9.80. The summed E-state index contributed by atoms with van der Waals surface area (Å²) < 4.78 is 30.3. The first kappa shape index (κ1) is 30.4. The van der Waals surface area contributed by atoms with Gasteiger partial charge in [0.05, 0.1) is 12.3 Å². The molecule has 9 nitrogen and oxygen atoms in total. The Balaban J connectivity index is 1.59. The highest BCUT2D eigenvalue weighted by atomic mass is 16.7. The number of fused-ring (bicyclic) bond motifs is 1. The van der Waals surface area contributed by atoms with E-state index in [0.717, 1.165) is 5.56 Å². The molecule has 0 amide bonds. The maximum atomic E-state index is 14.5. The second-order valence-corrected chi connectivity index (χ2v) is 13.2. The number of rotatable bonds is 6. The minimum Gasteiger partial charge on any atom is -0.461 e. The number of hydrogen-bond acceptors (Lipinski definition) is 9. The van der Waals surface area contributed by atoms with E-state index in [0.29, 0.717) is 12.0 Å². The molecule has 0 N–H and O–H groups in total. The summed E-state index contributed by atoms with van der Waals surface area (Å²) in [6.07, 6.45) is -0.637. The lowest BCUT2D eigenvalue weighted by Crippen LogP contribution is -2.43. The molecule has 10 atom stereocenters. The van der Waals surface area contributed by atoms with Crippen LogP contribution in [0.2, 0.25) is 0 Å². The highest BCUT2D eigenvalue weighted by Crippen LogP contribution is 2.68. The molecule has 1 aromatic rings. The molecule has 0 aromatic heterocycles. The first-order valence-corrected chi connectivity index (χ1v) is 14.7. The third-order valence-corrected chi connectivity index (χ3v) is 10.00. The van der Waals surface area contributed by atoms with E-state index in [2.05, 4.69) is 0 Å². The first-order valence-electron chi connectivity index (χ1n) is 14.7. The second kappa shape index (κ2) is 10.6. The van der Waals surface area contributed by atoms with Gasteiger partial charge in [0.15, 0.2) is 17.0 Å². The Hall–Kier alpha value is -3.04. The number of benzene rings is 1. The zero-order chi connectivity index (χ0) is 30.8. The van der Waals surface area contributed by atoms with E-state index in [1.165, 1.54) is 13.8 Å². The fraction of sp³-hybridized carbons (Fsp3) is 0.636. The van der Waals surface area contributed by atoms with Crippen LogP contribution in [0.3, 0.4) is 0 Å². The van der Waals surface area contributed by atoms with E-state index in [9.17, 15) is 19.2 Å². The molecular formula is C33H42O9. The summed E-state index contributed by atoms with van der Waals surface area (Å²) in [6, 6.07) is 9.31. The smallest absolute Gasteiger partial charge is 0.310 e. The van der Waals surface area contributed by atoms with Crippen molar-refractivity contribution in [1.29, 1.82) is 0 Å². The summed E-state index contributed by atoms with van der Waals surface area (Å²) >= 11 is 0. The summed E-state index contributed by atoms with van der Waals surface area (Å²) in [5.74, 6) is -2.87. The van der Waals surface area contributed by atoms with Gasteiger partial charge in [-0.3, -0.25) is 19.2 Å². The summed E-state index contributed by atoms with van der Waals surface area (Å²) in [5.41, 5.74) is -1.44. The molecule has 42 heavy (non-hydrogen) atoms. The molecule has 9 heteroatoms. The molecule has 2 saturated carbocycles. The number of methoxy groups -OCH3 is 1. The molecule has 1 aliphatic heterocycles. The van der Waals surface area contributed by atoms with Crippen LogP contribution >= 0.6 is 0 Å². The number of carbonyl (C=O) groups is 4. The van der Waals surface area contributed by atoms with Gasteiger partial charge in [-0.2, -0.15) is 0 Å². The van der Waals surface area contributed by atoms with Crippen LogP contribution in [0.25, 0.3) is 0 Å². The average molecular weight is 583 g/mol. The molecule has 0 spiro atoms. The molecule has 0 unspecified atom stereocenters. The van der Waals surface area contributed by atoms with Crippen LogP contribution in [0, 0.1) is 29.1 Å². The Morgan fingerprint density at radius 2 is 1.57 bits per heavy atom. The largest absolute Gasteiger partial charge is 0.461 e. The lowest BCUT2D eigenvalue weighted by molar-refractivity contribution is -0.155. The Morgan fingerprint density at radius 1 is 0.952 bits per heavy atom. The van der Waals surface area contributed by atoms with Gasteiger partial charge >= 0.3 is 17.9 Å². The van der Waals surface area contributed by atoms with E-state index in [1.54, 1.807) is 14.0 Å². The Morgan fingerprint density at radius 3 is 2.17 bits per heavy atom. The van der Waals surface area contributed by atoms with Crippen molar-refractivity contribution in [1.82, 2.24) is 0 Å². The number of ketones is 1. The van der Waals surface area contributed by atoms with Crippen LogP contribution < -0.4 is 0 Å². The molecule has 1 heterocycles. The van der Waals surface area contributed by atoms with Crippen LogP contribution in [0.1, 0.15) is 60.5 Å². The topological polar surface area (TPSA) is 118 Å². The van der Waals surface area contributed by atoms with Crippen molar-refractivity contribution in [2.75, 3.05) is 7.11 Å². The highest BCUT2D eigenvalue weighted by molar-refractivity contribution is 5.96. The average Bonchev–Trinajstić information content (AvgIpc) is 3.70. The van der Waals surface area contributed by atoms with Crippen molar-refractivity contribution in [3.8, 4) is 0 Å². The molecule has 5 rings (SSSR count). The zero-order valence-corrected chi connectivity index (χ0v) is 25.7. The van der Waals surface area contributed by atoms with Gasteiger partial charge in [0.2, 0.25) is 0 Å². The maximum absolute atomic E-state index is 14.5. The third-order valence-electron chi connectivity index (χ3n) is 10.00. The second-order valence-electron chi connectivity index (χ2n) is 13.2. The Bertz CT molecular complexity index is 1300. The molecule has 228 valence electrons. The van der Waals surface area contributed by atoms with Crippen molar-refractivity contribution >= 4 is 23.7 Å². The monoisotopic (exact) mass is 582 g/mol. The van der Waals surface area contributed by atoms with E-state index in [4.69, 9.17) is 23.7 Å². The molecule has 1 saturated heterocycles. The SMILES string of the molecule is CO[C@H]1[C@H]2[C@@H]([C@@H](OC(C)=O)[C@@H](C)C(=O)[C@@]34C[C@H](C)[C@H](OC(=O)Cc5ccccc5)[C@]3(/C=C(\C)[C@H]1OC(C)=O)O4)C2(C)C. The van der Waals surface area contributed by atoms with Crippen LogP contribution in [0.15, 0.2) is 42.0 Å². The zero-order valence-electron chi connectivity index (χ0n) is 25.7. The first-order chi connectivity index (χ1) is 19.7. The van der Waals surface area contributed by atoms with Crippen molar-refractivity contribution in [2.45, 2.75) is 96.9 Å². The summed E-state index contributed by atoms with van der Waals surface area (Å²) in [7, 11) is 1.57. The van der Waals surface area contributed by atoms with Crippen molar-refractivity contribution < 1.29 is 42.9 Å². The fourth-order valence-corrected chi connectivity index (χ4v) is 8.10. The van der Waals surface area contributed by atoms with Gasteiger partial charge in [0.25, 0.3) is 0 Å². The minimum atomic E-state index is -1.27. The van der Waals surface area contributed by atoms with Gasteiger partial charge in [-0.25, -0.2) is 0 Å². The van der Waals surface area contributed by atoms with Crippen molar-refractivity contribution in [3.05, 3.63) is 47.5 Å². The normalized spacial score (nSPS) is 41.0. The third kappa shape index (κ3) is 4.78. The highest BCUT2D eigenvalue weighted by Gasteiger charge is 2.84. The minimum absolute atomic E-state index is 0.0783. The van der Waals surface area contributed by atoms with E-state index >= 15 is 0 Å². The number of esters is 3. The Kier molecular flexibility index (Phi) is 7.67. The van der Waals surface area contributed by atoms with E-state index < -0.39 is 59.4 Å². The molecule has 0 radical (unpaired) electrons. The summed E-state index contributed by atoms with van der Waals surface area (Å²) in [6.45, 7) is 12.3. The van der Waals surface area contributed by atoms with Crippen LogP contribution in [0.4, 0.5) is 0 Å². The van der Waals surface area contributed by atoms with Crippen LogP contribution in [-0.2, 0) is 49.3 Å². The summed E-state index contributed by atoms with van der Waals surface area (Å²) in [4.78, 5) is 52.3. The fourth-order valence-electron chi connectivity index (χ4n) is 8.10. The molecule has 3 aliphatic carbocycles. The predicted octanol–water partition coefficient (Wildman–Crippen LogP) is 4.00. The van der Waals surface area contributed by atoms with Crippen molar-refractivity contribution in [2.24, 2.45) is 29.1 Å². The van der Waals surface area contributed by atoms with Gasteiger partial charge in [0.1, 0.15) is 24.4 Å². The number of hydrogen-bond donors (Lipinski definition) is 0. The van der Waals surface area contributed by atoms with Gasteiger partial charge < -0.3 is 23.7 Å². The van der Waals surface area contributed by atoms with E-state index in [-0.39, 0.29) is 35.4 Å². The summed E-state index contributed by atoms with van der Waals surface area (Å²) in [5, 5.41) is 0. The maximum Gasteiger partial charge on any atom is 0.310 e. The number of carbonyl (C=O) groups excluding carboxylic acids is 4. The number of Topliss-reactive ketones (excluding diaryl/α,β-unsaturated/α-hetero) is 1. The standard InChI is InChI=1S/C33H42O9/c1-17-15-33-30(41-23(36)14-22-12-10-9-11-13-22)18(2)16-32(33,42-33)29(37)19(3)27(40-21(5)35)24-25(31(24,6)7)28(38-8)26(17)39-20(4)34/h9-13,15,18-19,24-28,30H,14,16H2,1-8H3/b17-15+/t18-,19+,24-,25+,26+,27-,28-,30-,32-,33-/m0/s1. The van der Waals surface area contributed by atoms with Gasteiger partial charge in [-0.1, -0.05) is 58.0 Å².